The van der Waals surface area contributed by atoms with Crippen molar-refractivity contribution in [3.8, 4) is 0 Å². The molecular weight excluding hydrogens is 212 g/mol. The summed E-state index contributed by atoms with van der Waals surface area (Å²) in [5, 5.41) is 13.6. The number of ether oxygens (including phenoxy) is 1. The Morgan fingerprint density at radius 2 is 1.88 bits per heavy atom. The van der Waals surface area contributed by atoms with Crippen LogP contribution in [0.1, 0.15) is 25.7 Å². The standard InChI is InChI=1S/C10H20N2O4/c13-7-8-16-10(15)12-6-4-2-1-3-5-11-9-14/h9,13H,1-8H2,(H,11,14)(H,12,15). The van der Waals surface area contributed by atoms with E-state index in [1.165, 1.54) is 0 Å². The van der Waals surface area contributed by atoms with Gasteiger partial charge in [-0.15, -0.1) is 0 Å². The molecule has 16 heavy (non-hydrogen) atoms. The number of unbranched alkanes of at least 4 members (excludes halogenated alkanes) is 3. The first-order valence-corrected chi connectivity index (χ1v) is 5.49. The van der Waals surface area contributed by atoms with Crippen molar-refractivity contribution in [2.75, 3.05) is 26.3 Å². The molecule has 0 aliphatic rings. The van der Waals surface area contributed by atoms with Crippen LogP contribution < -0.4 is 10.6 Å². The number of carbonyl (C=O) groups excluding carboxylic acids is 2. The van der Waals surface area contributed by atoms with Gasteiger partial charge in [0.15, 0.2) is 0 Å². The van der Waals surface area contributed by atoms with Gasteiger partial charge in [-0.3, -0.25) is 4.79 Å². The summed E-state index contributed by atoms with van der Waals surface area (Å²) in [6, 6.07) is 0. The summed E-state index contributed by atoms with van der Waals surface area (Å²) in [5.74, 6) is 0. The van der Waals surface area contributed by atoms with Gasteiger partial charge in [0.2, 0.25) is 6.41 Å². The fourth-order valence-corrected chi connectivity index (χ4v) is 1.14. The van der Waals surface area contributed by atoms with Gasteiger partial charge < -0.3 is 20.5 Å². The molecule has 0 rings (SSSR count). The molecule has 2 amide bonds. The first kappa shape index (κ1) is 14.7. The van der Waals surface area contributed by atoms with Crippen LogP contribution in [-0.4, -0.2) is 43.9 Å². The van der Waals surface area contributed by atoms with Gasteiger partial charge in [-0.05, 0) is 12.8 Å². The lowest BCUT2D eigenvalue weighted by atomic mass is 10.2. The number of aliphatic hydroxyl groups is 1. The highest BCUT2D eigenvalue weighted by Gasteiger charge is 1.99. The van der Waals surface area contributed by atoms with Gasteiger partial charge in [-0.2, -0.15) is 0 Å². The van der Waals surface area contributed by atoms with Gasteiger partial charge in [0, 0.05) is 13.1 Å². The van der Waals surface area contributed by atoms with Crippen LogP contribution in [0.2, 0.25) is 0 Å². The molecule has 0 aliphatic heterocycles. The van der Waals surface area contributed by atoms with E-state index >= 15 is 0 Å². The minimum Gasteiger partial charge on any atom is -0.447 e. The Balaban J connectivity index is 3.08. The Bertz CT molecular complexity index is 188. The van der Waals surface area contributed by atoms with Gasteiger partial charge >= 0.3 is 6.09 Å². The molecule has 0 radical (unpaired) electrons. The smallest absolute Gasteiger partial charge is 0.407 e. The van der Waals surface area contributed by atoms with Crippen LogP contribution in [0.5, 0.6) is 0 Å². The van der Waals surface area contributed by atoms with E-state index in [0.29, 0.717) is 19.5 Å². The van der Waals surface area contributed by atoms with Gasteiger partial charge in [0.05, 0.1) is 6.61 Å². The third-order valence-corrected chi connectivity index (χ3v) is 1.93. The second kappa shape index (κ2) is 11.8. The van der Waals surface area contributed by atoms with Crippen molar-refractivity contribution in [3.63, 3.8) is 0 Å². The number of rotatable bonds is 10. The van der Waals surface area contributed by atoms with Gasteiger partial charge in [0.25, 0.3) is 0 Å². The lowest BCUT2D eigenvalue weighted by molar-refractivity contribution is -0.109. The topological polar surface area (TPSA) is 87.7 Å². The normalized spacial score (nSPS) is 9.56. The Labute approximate surface area is 95.4 Å². The Morgan fingerprint density at radius 1 is 1.19 bits per heavy atom. The maximum absolute atomic E-state index is 10.9. The molecule has 94 valence electrons. The molecule has 0 aromatic carbocycles. The largest absolute Gasteiger partial charge is 0.447 e. The minimum absolute atomic E-state index is 0.0310. The monoisotopic (exact) mass is 232 g/mol. The molecule has 0 saturated carbocycles. The van der Waals surface area contributed by atoms with Crippen molar-refractivity contribution in [1.82, 2.24) is 10.6 Å². The second-order valence-corrected chi connectivity index (χ2v) is 3.27. The fraction of sp³-hybridized carbons (Fsp3) is 0.800. The van der Waals surface area contributed by atoms with E-state index < -0.39 is 6.09 Å². The van der Waals surface area contributed by atoms with Crippen LogP contribution in [0, 0.1) is 0 Å². The number of amides is 2. The molecule has 0 unspecified atom stereocenters. The second-order valence-electron chi connectivity index (χ2n) is 3.27. The van der Waals surface area contributed by atoms with Crippen molar-refractivity contribution in [3.05, 3.63) is 0 Å². The van der Waals surface area contributed by atoms with E-state index in [0.717, 1.165) is 25.7 Å². The van der Waals surface area contributed by atoms with Crippen molar-refractivity contribution in [1.29, 1.82) is 0 Å². The molecule has 0 spiro atoms. The zero-order chi connectivity index (χ0) is 12.1. The average Bonchev–Trinajstić information content (AvgIpc) is 2.30. The van der Waals surface area contributed by atoms with Crippen LogP contribution in [-0.2, 0) is 9.53 Å². The summed E-state index contributed by atoms with van der Waals surface area (Å²) < 4.78 is 4.60. The molecule has 3 N–H and O–H groups in total. The third-order valence-electron chi connectivity index (χ3n) is 1.93. The summed E-state index contributed by atoms with van der Waals surface area (Å²) >= 11 is 0. The maximum atomic E-state index is 10.9. The molecule has 0 aromatic rings. The molecule has 6 heteroatoms. The fourth-order valence-electron chi connectivity index (χ4n) is 1.14. The highest BCUT2D eigenvalue weighted by Crippen LogP contribution is 1.97. The SMILES string of the molecule is O=CNCCCCCCNC(=O)OCCO. The molecular formula is C10H20N2O4. The molecule has 6 nitrogen and oxygen atoms in total. The summed E-state index contributed by atoms with van der Waals surface area (Å²) in [7, 11) is 0. The number of hydrogen-bond donors (Lipinski definition) is 3. The number of aliphatic hydroxyl groups excluding tert-OH is 1. The van der Waals surface area contributed by atoms with Crippen LogP contribution in [0.15, 0.2) is 0 Å². The number of carbonyl (C=O) groups is 2. The summed E-state index contributed by atoms with van der Waals surface area (Å²) in [5.41, 5.74) is 0. The summed E-state index contributed by atoms with van der Waals surface area (Å²) in [6.45, 7) is 1.15. The Kier molecular flexibility index (Phi) is 10.8. The van der Waals surface area contributed by atoms with Crippen LogP contribution in [0.25, 0.3) is 0 Å². The van der Waals surface area contributed by atoms with E-state index in [-0.39, 0.29) is 13.2 Å². The maximum Gasteiger partial charge on any atom is 0.407 e. The van der Waals surface area contributed by atoms with Crippen LogP contribution >= 0.6 is 0 Å². The lowest BCUT2D eigenvalue weighted by Gasteiger charge is -2.05. The average molecular weight is 232 g/mol. The molecule has 0 aromatic heterocycles. The molecule has 0 bridgehead atoms. The highest BCUT2D eigenvalue weighted by molar-refractivity contribution is 5.66. The quantitative estimate of drug-likeness (QED) is 0.366. The predicted octanol–water partition coefficient (Wildman–Crippen LogP) is 0.0113. The summed E-state index contributed by atoms with van der Waals surface area (Å²) in [6.07, 6.45) is 4.06. The van der Waals surface area contributed by atoms with Crippen LogP contribution in [0.4, 0.5) is 4.79 Å². The number of alkyl carbamates (subject to hydrolysis) is 1. The van der Waals surface area contributed by atoms with Crippen molar-refractivity contribution >= 4 is 12.5 Å². The van der Waals surface area contributed by atoms with E-state index in [9.17, 15) is 9.59 Å². The molecule has 0 aliphatic carbocycles. The van der Waals surface area contributed by atoms with Crippen LogP contribution in [0.3, 0.4) is 0 Å². The zero-order valence-corrected chi connectivity index (χ0v) is 9.41. The lowest BCUT2D eigenvalue weighted by Crippen LogP contribution is -2.26. The van der Waals surface area contributed by atoms with E-state index in [1.807, 2.05) is 0 Å². The Hall–Kier alpha value is -1.30. The highest BCUT2D eigenvalue weighted by atomic mass is 16.6. The number of hydrogen-bond acceptors (Lipinski definition) is 4. The van der Waals surface area contributed by atoms with E-state index in [1.54, 1.807) is 0 Å². The van der Waals surface area contributed by atoms with E-state index in [4.69, 9.17) is 5.11 Å². The first-order chi connectivity index (χ1) is 7.81. The molecule has 0 atom stereocenters. The van der Waals surface area contributed by atoms with Crippen molar-refractivity contribution in [2.45, 2.75) is 25.7 Å². The van der Waals surface area contributed by atoms with Crippen molar-refractivity contribution in [2.24, 2.45) is 0 Å². The zero-order valence-electron chi connectivity index (χ0n) is 9.41. The van der Waals surface area contributed by atoms with Gasteiger partial charge in [0.1, 0.15) is 6.61 Å². The van der Waals surface area contributed by atoms with Gasteiger partial charge in [-0.1, -0.05) is 12.8 Å². The predicted molar refractivity (Wildman–Crippen MR) is 59.0 cm³/mol. The van der Waals surface area contributed by atoms with E-state index in [2.05, 4.69) is 15.4 Å². The molecule has 0 fully saturated rings. The number of nitrogens with one attached hydrogen (secondary N) is 2. The molecule has 0 saturated heterocycles. The van der Waals surface area contributed by atoms with Gasteiger partial charge in [-0.25, -0.2) is 4.79 Å². The molecule has 0 heterocycles. The first-order valence-electron chi connectivity index (χ1n) is 5.49. The minimum atomic E-state index is -0.489. The summed E-state index contributed by atoms with van der Waals surface area (Å²) in [4.78, 5) is 20.8. The van der Waals surface area contributed by atoms with Crippen molar-refractivity contribution < 1.29 is 19.4 Å². The Morgan fingerprint density at radius 3 is 2.50 bits per heavy atom. The third kappa shape index (κ3) is 10.8.